The molecule has 29 heavy (non-hydrogen) atoms. The quantitative estimate of drug-likeness (QED) is 0.456. The SMILES string of the molecule is COc1cc(C)c2[nH]c(=O)c3sccc3c2c1-c1ccc([C@@H](C)CN)c(F)c1.Cl. The molecule has 0 aliphatic rings. The Morgan fingerprint density at radius 1 is 1.28 bits per heavy atom. The van der Waals surface area contributed by atoms with Gasteiger partial charge in [0.1, 0.15) is 16.3 Å². The molecule has 2 aromatic heterocycles. The van der Waals surface area contributed by atoms with Crippen LogP contribution in [0.2, 0.25) is 0 Å². The first-order valence-corrected chi connectivity index (χ1v) is 9.94. The minimum atomic E-state index is -0.294. The fourth-order valence-corrected chi connectivity index (χ4v) is 4.52. The van der Waals surface area contributed by atoms with Crippen molar-refractivity contribution in [2.24, 2.45) is 5.73 Å². The summed E-state index contributed by atoms with van der Waals surface area (Å²) >= 11 is 1.39. The largest absolute Gasteiger partial charge is 0.496 e. The van der Waals surface area contributed by atoms with Gasteiger partial charge in [-0.2, -0.15) is 0 Å². The van der Waals surface area contributed by atoms with E-state index in [-0.39, 0.29) is 29.7 Å². The fraction of sp³-hybridized carbons (Fsp3) is 0.227. The zero-order chi connectivity index (χ0) is 20.0. The number of nitrogens with two attached hydrogens (primary N) is 1. The number of aromatic nitrogens is 1. The van der Waals surface area contributed by atoms with Crippen LogP contribution in [0.4, 0.5) is 4.39 Å². The normalized spacial score (nSPS) is 12.2. The van der Waals surface area contributed by atoms with E-state index in [4.69, 9.17) is 10.5 Å². The predicted octanol–water partition coefficient (Wildman–Crippen LogP) is 5.35. The second-order valence-corrected chi connectivity index (χ2v) is 7.93. The van der Waals surface area contributed by atoms with Gasteiger partial charge in [-0.3, -0.25) is 4.79 Å². The number of nitrogens with one attached hydrogen (secondary N) is 1. The lowest BCUT2D eigenvalue weighted by Crippen LogP contribution is -2.10. The van der Waals surface area contributed by atoms with Gasteiger partial charge < -0.3 is 15.5 Å². The maximum absolute atomic E-state index is 14.9. The lowest BCUT2D eigenvalue weighted by atomic mass is 9.92. The van der Waals surface area contributed by atoms with Gasteiger partial charge in [-0.1, -0.05) is 19.1 Å². The maximum atomic E-state index is 14.9. The van der Waals surface area contributed by atoms with Gasteiger partial charge in [-0.15, -0.1) is 23.7 Å². The molecule has 0 spiro atoms. The second kappa shape index (κ2) is 8.14. The number of benzene rings is 2. The van der Waals surface area contributed by atoms with E-state index in [1.54, 1.807) is 13.2 Å². The van der Waals surface area contributed by atoms with Crippen molar-refractivity contribution in [3.63, 3.8) is 0 Å². The molecule has 7 heteroatoms. The second-order valence-electron chi connectivity index (χ2n) is 7.01. The third-order valence-electron chi connectivity index (χ3n) is 5.26. The summed E-state index contributed by atoms with van der Waals surface area (Å²) in [4.78, 5) is 15.5. The van der Waals surface area contributed by atoms with Crippen LogP contribution in [0.3, 0.4) is 0 Å². The molecular weight excluding hydrogens is 411 g/mol. The Kier molecular flexibility index (Phi) is 5.98. The molecule has 0 saturated carbocycles. The van der Waals surface area contributed by atoms with Crippen LogP contribution in [0.25, 0.3) is 32.1 Å². The Morgan fingerprint density at radius 3 is 2.69 bits per heavy atom. The molecule has 152 valence electrons. The number of thiophene rings is 1. The van der Waals surface area contributed by atoms with Crippen LogP contribution < -0.4 is 16.0 Å². The topological polar surface area (TPSA) is 68.1 Å². The van der Waals surface area contributed by atoms with E-state index in [0.29, 0.717) is 28.1 Å². The number of pyridine rings is 1. The third kappa shape index (κ3) is 3.41. The third-order valence-corrected chi connectivity index (χ3v) is 6.17. The summed E-state index contributed by atoms with van der Waals surface area (Å²) < 4.78 is 21.2. The number of aromatic amines is 1. The lowest BCUT2D eigenvalue weighted by molar-refractivity contribution is 0.416. The van der Waals surface area contributed by atoms with Gasteiger partial charge in [0.15, 0.2) is 0 Å². The molecule has 4 nitrogen and oxygen atoms in total. The summed E-state index contributed by atoms with van der Waals surface area (Å²) in [6.07, 6.45) is 0. The van der Waals surface area contributed by atoms with E-state index in [2.05, 4.69) is 4.98 Å². The van der Waals surface area contributed by atoms with Crippen LogP contribution in [0.1, 0.15) is 24.0 Å². The Bertz CT molecular complexity index is 1270. The first kappa shape index (κ1) is 21.3. The van der Waals surface area contributed by atoms with Crippen molar-refractivity contribution in [3.8, 4) is 16.9 Å². The first-order valence-electron chi connectivity index (χ1n) is 9.07. The van der Waals surface area contributed by atoms with Crippen molar-refractivity contribution >= 4 is 44.7 Å². The summed E-state index contributed by atoms with van der Waals surface area (Å²) in [5, 5.41) is 3.61. The van der Waals surface area contributed by atoms with E-state index in [1.165, 1.54) is 17.4 Å². The van der Waals surface area contributed by atoms with Crippen molar-refractivity contribution in [2.75, 3.05) is 13.7 Å². The van der Waals surface area contributed by atoms with Gasteiger partial charge in [0.05, 0.1) is 12.6 Å². The van der Waals surface area contributed by atoms with Crippen LogP contribution in [0.5, 0.6) is 5.75 Å². The van der Waals surface area contributed by atoms with Gasteiger partial charge in [0, 0.05) is 16.3 Å². The maximum Gasteiger partial charge on any atom is 0.266 e. The summed E-state index contributed by atoms with van der Waals surface area (Å²) in [6, 6.07) is 9.00. The lowest BCUT2D eigenvalue weighted by Gasteiger charge is -2.17. The van der Waals surface area contributed by atoms with Crippen molar-refractivity contribution in [3.05, 3.63) is 63.0 Å². The fourth-order valence-electron chi connectivity index (χ4n) is 3.73. The van der Waals surface area contributed by atoms with E-state index in [9.17, 15) is 9.18 Å². The van der Waals surface area contributed by atoms with Crippen LogP contribution in [0.15, 0.2) is 40.5 Å². The van der Waals surface area contributed by atoms with Gasteiger partial charge in [-0.05, 0) is 59.7 Å². The molecule has 2 heterocycles. The number of aryl methyl sites for hydroxylation is 1. The molecule has 1 atom stereocenters. The van der Waals surface area contributed by atoms with E-state index in [1.807, 2.05) is 37.4 Å². The highest BCUT2D eigenvalue weighted by atomic mass is 35.5. The van der Waals surface area contributed by atoms with Crippen LogP contribution in [-0.2, 0) is 0 Å². The smallest absolute Gasteiger partial charge is 0.266 e. The highest BCUT2D eigenvalue weighted by Gasteiger charge is 2.20. The highest BCUT2D eigenvalue weighted by molar-refractivity contribution is 7.17. The van der Waals surface area contributed by atoms with E-state index in [0.717, 1.165) is 27.4 Å². The Hall–Kier alpha value is -2.41. The number of hydrogen-bond acceptors (Lipinski definition) is 4. The average Bonchev–Trinajstić information content (AvgIpc) is 3.18. The summed E-state index contributed by atoms with van der Waals surface area (Å²) in [6.45, 7) is 4.21. The average molecular weight is 433 g/mol. The Balaban J connectivity index is 0.00000240. The van der Waals surface area contributed by atoms with Crippen molar-refractivity contribution < 1.29 is 9.13 Å². The van der Waals surface area contributed by atoms with Gasteiger partial charge in [0.2, 0.25) is 0 Å². The van der Waals surface area contributed by atoms with E-state index >= 15 is 0 Å². The number of fused-ring (bicyclic) bond motifs is 3. The van der Waals surface area contributed by atoms with Crippen LogP contribution in [0, 0.1) is 12.7 Å². The molecular formula is C22H22ClFN2O2S. The summed E-state index contributed by atoms with van der Waals surface area (Å²) in [5.41, 5.74) is 9.29. The van der Waals surface area contributed by atoms with Crippen LogP contribution in [-0.4, -0.2) is 18.6 Å². The number of ether oxygens (including phenoxy) is 1. The molecule has 0 fully saturated rings. The molecule has 0 saturated heterocycles. The molecule has 4 rings (SSSR count). The van der Waals surface area contributed by atoms with Crippen molar-refractivity contribution in [2.45, 2.75) is 19.8 Å². The number of rotatable bonds is 4. The molecule has 0 radical (unpaired) electrons. The van der Waals surface area contributed by atoms with E-state index < -0.39 is 0 Å². The Morgan fingerprint density at radius 2 is 2.03 bits per heavy atom. The number of methoxy groups -OCH3 is 1. The van der Waals surface area contributed by atoms with Gasteiger partial charge in [0.25, 0.3) is 5.56 Å². The first-order chi connectivity index (χ1) is 13.5. The zero-order valence-electron chi connectivity index (χ0n) is 16.3. The minimum absolute atomic E-state index is 0. The van der Waals surface area contributed by atoms with Crippen molar-refractivity contribution in [1.29, 1.82) is 0 Å². The summed E-state index contributed by atoms with van der Waals surface area (Å²) in [5.74, 6) is 0.284. The molecule has 0 bridgehead atoms. The molecule has 0 aliphatic carbocycles. The molecule has 4 aromatic rings. The van der Waals surface area contributed by atoms with Crippen molar-refractivity contribution in [1.82, 2.24) is 4.98 Å². The highest BCUT2D eigenvalue weighted by Crippen LogP contribution is 2.42. The molecule has 0 amide bonds. The zero-order valence-corrected chi connectivity index (χ0v) is 18.0. The van der Waals surface area contributed by atoms with Gasteiger partial charge >= 0.3 is 0 Å². The number of H-pyrrole nitrogens is 1. The molecule has 0 unspecified atom stereocenters. The molecule has 0 aliphatic heterocycles. The monoisotopic (exact) mass is 432 g/mol. The summed E-state index contributed by atoms with van der Waals surface area (Å²) in [7, 11) is 1.60. The standard InChI is InChI=1S/C22H21FN2O2S.ClH/c1-11-8-17(27-3)18(13-4-5-14(12(2)10-24)16(23)9-13)19-15-6-7-28-21(15)22(26)25-20(11)19;/h4-9,12H,10,24H2,1-3H3,(H,25,26);1H/t12-;/m0./s1. The predicted molar refractivity (Wildman–Crippen MR) is 121 cm³/mol. The number of hydrogen-bond donors (Lipinski definition) is 2. The number of halogens is 2. The minimum Gasteiger partial charge on any atom is -0.496 e. The molecule has 2 aromatic carbocycles. The van der Waals surface area contributed by atoms with Gasteiger partial charge in [-0.25, -0.2) is 4.39 Å². The molecule has 3 N–H and O–H groups in total. The Labute approximate surface area is 177 Å². The van der Waals surface area contributed by atoms with Crippen LogP contribution >= 0.6 is 23.7 Å².